The monoisotopic (exact) mass is 604 g/mol. The van der Waals surface area contributed by atoms with Crippen LogP contribution in [0.5, 0.6) is 11.5 Å². The van der Waals surface area contributed by atoms with Gasteiger partial charge < -0.3 is 14.2 Å². The molecule has 0 radical (unpaired) electrons. The highest BCUT2D eigenvalue weighted by atomic mass is 35.5. The minimum Gasteiger partial charge on any atom is -0.493 e. The van der Waals surface area contributed by atoms with E-state index in [0.717, 1.165) is 16.9 Å². The average Bonchev–Trinajstić information content (AvgIpc) is 3.30. The summed E-state index contributed by atoms with van der Waals surface area (Å²) in [4.78, 5) is 32.5. The summed E-state index contributed by atoms with van der Waals surface area (Å²) in [5, 5.41) is 0.165. The summed E-state index contributed by atoms with van der Waals surface area (Å²) >= 11 is 7.31. The fourth-order valence-corrected chi connectivity index (χ4v) is 5.85. The first-order chi connectivity index (χ1) is 20.3. The van der Waals surface area contributed by atoms with Crippen molar-refractivity contribution in [1.82, 2.24) is 4.57 Å². The molecule has 7 nitrogen and oxygen atoms in total. The zero-order chi connectivity index (χ0) is 29.8. The standard InChI is InChI=1S/C32H26ClFN2O5S/c1-4-15-40-25-14-13-21(16-26(25)39-3)29-28(31(38)41-18-20-9-6-5-7-10-20)19(2)35-32-36(29)30(37)27(42-32)17-22-23(33)11-8-12-24(22)34/h4-14,16-17,29H,1,15,18H2,2-3H3. The van der Waals surface area contributed by atoms with E-state index in [1.165, 1.54) is 29.9 Å². The molecule has 214 valence electrons. The van der Waals surface area contributed by atoms with Crippen LogP contribution in [-0.4, -0.2) is 24.3 Å². The van der Waals surface area contributed by atoms with Crippen LogP contribution in [0, 0.1) is 5.82 Å². The number of methoxy groups -OCH3 is 1. The third-order valence-corrected chi connectivity index (χ3v) is 7.90. The van der Waals surface area contributed by atoms with E-state index in [-0.39, 0.29) is 33.9 Å². The molecule has 1 aromatic heterocycles. The molecule has 1 atom stereocenters. The van der Waals surface area contributed by atoms with Crippen LogP contribution in [-0.2, 0) is 16.1 Å². The molecule has 2 heterocycles. The van der Waals surface area contributed by atoms with Gasteiger partial charge in [0.1, 0.15) is 19.0 Å². The number of ether oxygens (including phenoxy) is 3. The van der Waals surface area contributed by atoms with Crippen molar-refractivity contribution >= 4 is 35.0 Å². The lowest BCUT2D eigenvalue weighted by molar-refractivity contribution is -0.140. The topological polar surface area (TPSA) is 79.1 Å². The second kappa shape index (κ2) is 12.6. The van der Waals surface area contributed by atoms with Crippen molar-refractivity contribution in [3.63, 3.8) is 0 Å². The van der Waals surface area contributed by atoms with E-state index in [2.05, 4.69) is 11.6 Å². The molecule has 0 saturated carbocycles. The van der Waals surface area contributed by atoms with Gasteiger partial charge >= 0.3 is 5.97 Å². The minimum atomic E-state index is -0.912. The van der Waals surface area contributed by atoms with E-state index in [9.17, 15) is 14.0 Å². The van der Waals surface area contributed by atoms with Crippen molar-refractivity contribution in [3.05, 3.63) is 138 Å². The van der Waals surface area contributed by atoms with E-state index < -0.39 is 23.4 Å². The number of allylic oxidation sites excluding steroid dienone is 1. The normalized spacial score (nSPS) is 14.7. The molecule has 4 aromatic rings. The van der Waals surface area contributed by atoms with E-state index in [4.69, 9.17) is 25.8 Å². The molecular weight excluding hydrogens is 579 g/mol. The SMILES string of the molecule is C=CCOc1ccc(C2C(C(=O)OCc3ccccc3)=C(C)N=c3sc(=Cc4c(F)cccc4Cl)c(=O)n32)cc1OC. The molecule has 0 bridgehead atoms. The van der Waals surface area contributed by atoms with Gasteiger partial charge in [0.25, 0.3) is 5.56 Å². The molecule has 1 aliphatic rings. The Bertz CT molecular complexity index is 1860. The molecule has 0 spiro atoms. The predicted octanol–water partition coefficient (Wildman–Crippen LogP) is 5.34. The van der Waals surface area contributed by atoms with Crippen LogP contribution >= 0.6 is 22.9 Å². The molecule has 1 aliphatic heterocycles. The van der Waals surface area contributed by atoms with Crippen molar-refractivity contribution in [1.29, 1.82) is 0 Å². The number of halogens is 2. The second-order valence-corrected chi connectivity index (χ2v) is 10.7. The molecule has 42 heavy (non-hydrogen) atoms. The van der Waals surface area contributed by atoms with Gasteiger partial charge in [-0.1, -0.05) is 78.1 Å². The van der Waals surface area contributed by atoms with Gasteiger partial charge in [-0.2, -0.15) is 0 Å². The highest BCUT2D eigenvalue weighted by molar-refractivity contribution is 7.07. The molecular formula is C32H26ClFN2O5S. The van der Waals surface area contributed by atoms with Crippen LogP contribution in [0.25, 0.3) is 6.08 Å². The Hall–Kier alpha value is -4.47. The van der Waals surface area contributed by atoms with E-state index in [1.807, 2.05) is 30.3 Å². The Morgan fingerprint density at radius 2 is 1.93 bits per heavy atom. The van der Waals surface area contributed by atoms with Gasteiger partial charge in [0, 0.05) is 5.56 Å². The summed E-state index contributed by atoms with van der Waals surface area (Å²) in [6.45, 7) is 5.66. The number of carbonyl (C=O) groups is 1. The minimum absolute atomic E-state index is 0.0387. The molecule has 0 amide bonds. The summed E-state index contributed by atoms with van der Waals surface area (Å²) in [5.41, 5.74) is 1.58. The van der Waals surface area contributed by atoms with Gasteiger partial charge in [-0.15, -0.1) is 0 Å². The number of hydrogen-bond donors (Lipinski definition) is 0. The third-order valence-electron chi connectivity index (χ3n) is 6.59. The molecule has 3 aromatic carbocycles. The van der Waals surface area contributed by atoms with Gasteiger partial charge in [-0.05, 0) is 48.4 Å². The van der Waals surface area contributed by atoms with Crippen molar-refractivity contribution in [2.24, 2.45) is 4.99 Å². The fourth-order valence-electron chi connectivity index (χ4n) is 4.60. The van der Waals surface area contributed by atoms with Crippen LogP contribution in [0.2, 0.25) is 5.02 Å². The maximum Gasteiger partial charge on any atom is 0.338 e. The summed E-state index contributed by atoms with van der Waals surface area (Å²) in [6, 6.07) is 17.8. The van der Waals surface area contributed by atoms with Crippen LogP contribution in [0.1, 0.15) is 29.7 Å². The highest BCUT2D eigenvalue weighted by Gasteiger charge is 2.34. The summed E-state index contributed by atoms with van der Waals surface area (Å²) < 4.78 is 33.2. The third kappa shape index (κ3) is 5.79. The second-order valence-electron chi connectivity index (χ2n) is 9.29. The largest absolute Gasteiger partial charge is 0.493 e. The maximum atomic E-state index is 14.6. The van der Waals surface area contributed by atoms with Crippen molar-refractivity contribution in [2.75, 3.05) is 13.7 Å². The van der Waals surface area contributed by atoms with Crippen LogP contribution in [0.3, 0.4) is 0 Å². The number of fused-ring (bicyclic) bond motifs is 1. The quantitative estimate of drug-likeness (QED) is 0.190. The average molecular weight is 605 g/mol. The Labute approximate surface area is 250 Å². The lowest BCUT2D eigenvalue weighted by Gasteiger charge is -2.25. The van der Waals surface area contributed by atoms with Crippen molar-refractivity contribution < 1.29 is 23.4 Å². The smallest absolute Gasteiger partial charge is 0.338 e. The highest BCUT2D eigenvalue weighted by Crippen LogP contribution is 2.36. The first-order valence-electron chi connectivity index (χ1n) is 12.9. The summed E-state index contributed by atoms with van der Waals surface area (Å²) in [6.07, 6.45) is 3.01. The summed E-state index contributed by atoms with van der Waals surface area (Å²) in [7, 11) is 1.50. The Balaban J connectivity index is 1.66. The van der Waals surface area contributed by atoms with Crippen LogP contribution < -0.4 is 24.4 Å². The lowest BCUT2D eigenvalue weighted by Crippen LogP contribution is -2.40. The number of nitrogens with zero attached hydrogens (tertiary/aromatic N) is 2. The number of hydrogen-bond acceptors (Lipinski definition) is 7. The Morgan fingerprint density at radius 1 is 1.14 bits per heavy atom. The predicted molar refractivity (Wildman–Crippen MR) is 160 cm³/mol. The number of benzene rings is 3. The van der Waals surface area contributed by atoms with Gasteiger partial charge in [-0.3, -0.25) is 9.36 Å². The number of aromatic nitrogens is 1. The first kappa shape index (κ1) is 29.0. The van der Waals surface area contributed by atoms with Crippen LogP contribution in [0.4, 0.5) is 4.39 Å². The molecule has 0 aliphatic carbocycles. The molecule has 0 fully saturated rings. The fraction of sp³-hybridized carbons (Fsp3) is 0.156. The Morgan fingerprint density at radius 3 is 2.64 bits per heavy atom. The van der Waals surface area contributed by atoms with Crippen molar-refractivity contribution in [2.45, 2.75) is 19.6 Å². The van der Waals surface area contributed by atoms with Gasteiger partial charge in [0.2, 0.25) is 0 Å². The molecule has 0 N–H and O–H groups in total. The molecule has 10 heteroatoms. The van der Waals surface area contributed by atoms with Gasteiger partial charge in [0.05, 0.1) is 34.0 Å². The maximum absolute atomic E-state index is 14.6. The zero-order valence-corrected chi connectivity index (χ0v) is 24.4. The van der Waals surface area contributed by atoms with Crippen LogP contribution in [0.15, 0.2) is 100 Å². The molecule has 5 rings (SSSR count). The van der Waals surface area contributed by atoms with E-state index in [1.54, 1.807) is 37.3 Å². The van der Waals surface area contributed by atoms with Gasteiger partial charge in [0.15, 0.2) is 16.3 Å². The first-order valence-corrected chi connectivity index (χ1v) is 14.1. The van der Waals surface area contributed by atoms with Gasteiger partial charge in [-0.25, -0.2) is 14.2 Å². The Kier molecular flexibility index (Phi) is 8.70. The lowest BCUT2D eigenvalue weighted by atomic mass is 9.95. The molecule has 1 unspecified atom stereocenters. The number of esters is 1. The number of rotatable bonds is 9. The van der Waals surface area contributed by atoms with E-state index >= 15 is 0 Å². The zero-order valence-electron chi connectivity index (χ0n) is 22.8. The van der Waals surface area contributed by atoms with Crippen molar-refractivity contribution in [3.8, 4) is 11.5 Å². The molecule has 0 saturated heterocycles. The number of thiazole rings is 1. The van der Waals surface area contributed by atoms with E-state index in [0.29, 0.717) is 27.6 Å². The number of carbonyl (C=O) groups excluding carboxylic acids is 1. The summed E-state index contributed by atoms with van der Waals surface area (Å²) in [5.74, 6) is -0.313.